The summed E-state index contributed by atoms with van der Waals surface area (Å²) in [6.07, 6.45) is 3.04. The molecule has 0 amide bonds. The minimum Gasteiger partial charge on any atom is -0.369 e. The van der Waals surface area contributed by atoms with Crippen molar-refractivity contribution in [2.24, 2.45) is 5.92 Å². The summed E-state index contributed by atoms with van der Waals surface area (Å²) in [5.74, 6) is 2.22. The summed E-state index contributed by atoms with van der Waals surface area (Å²) in [6, 6.07) is 0. The molecule has 1 aromatic heterocycles. The minimum atomic E-state index is 0.641. The van der Waals surface area contributed by atoms with Gasteiger partial charge in [0.05, 0.1) is 4.47 Å². The van der Waals surface area contributed by atoms with Crippen molar-refractivity contribution in [3.05, 3.63) is 10.7 Å². The molecule has 1 aromatic rings. The summed E-state index contributed by atoms with van der Waals surface area (Å²) in [7, 11) is 1.82. The van der Waals surface area contributed by atoms with Crippen molar-refractivity contribution < 1.29 is 0 Å². The zero-order valence-corrected chi connectivity index (χ0v) is 12.5. The summed E-state index contributed by atoms with van der Waals surface area (Å²) in [5.41, 5.74) is 0. The molecular weight excluding hydrogens is 294 g/mol. The Morgan fingerprint density at radius 2 is 2.39 bits per heavy atom. The summed E-state index contributed by atoms with van der Waals surface area (Å²) in [5, 5.41) is 6.36. The van der Waals surface area contributed by atoms with Crippen LogP contribution in [0.25, 0.3) is 0 Å². The summed E-state index contributed by atoms with van der Waals surface area (Å²) >= 11 is 3.47. The zero-order valence-electron chi connectivity index (χ0n) is 10.9. The van der Waals surface area contributed by atoms with E-state index in [1.807, 2.05) is 7.05 Å². The lowest BCUT2D eigenvalue weighted by atomic mass is 10.1. The van der Waals surface area contributed by atoms with E-state index in [0.717, 1.165) is 23.4 Å². The van der Waals surface area contributed by atoms with Crippen LogP contribution in [0.4, 0.5) is 11.8 Å². The number of nitrogens with zero attached hydrogens (tertiary/aromatic N) is 3. The predicted octanol–water partition coefficient (Wildman–Crippen LogP) is 2.03. The van der Waals surface area contributed by atoms with Crippen LogP contribution in [0, 0.1) is 5.92 Å². The fourth-order valence-corrected chi connectivity index (χ4v) is 2.55. The van der Waals surface area contributed by atoms with Crippen LogP contribution in [0.5, 0.6) is 0 Å². The Balaban J connectivity index is 1.90. The molecule has 0 saturated carbocycles. The molecule has 2 N–H and O–H groups in total. The van der Waals surface area contributed by atoms with Gasteiger partial charge in [-0.2, -0.15) is 4.98 Å². The fourth-order valence-electron chi connectivity index (χ4n) is 2.22. The first kappa shape index (κ1) is 13.5. The number of anilines is 2. The molecule has 0 spiro atoms. The highest BCUT2D eigenvalue weighted by atomic mass is 79.9. The maximum atomic E-state index is 4.40. The van der Waals surface area contributed by atoms with Crippen molar-refractivity contribution in [2.75, 3.05) is 43.9 Å². The summed E-state index contributed by atoms with van der Waals surface area (Å²) in [4.78, 5) is 11.0. The third-order valence-electron chi connectivity index (χ3n) is 3.34. The number of halogens is 1. The molecule has 1 saturated heterocycles. The molecule has 1 unspecified atom stereocenters. The van der Waals surface area contributed by atoms with Gasteiger partial charge in [0.15, 0.2) is 0 Å². The van der Waals surface area contributed by atoms with E-state index >= 15 is 0 Å². The van der Waals surface area contributed by atoms with Crippen molar-refractivity contribution >= 4 is 27.7 Å². The number of rotatable bonds is 5. The Hall–Kier alpha value is -0.880. The molecule has 0 aromatic carbocycles. The summed E-state index contributed by atoms with van der Waals surface area (Å²) in [6.45, 7) is 6.74. The van der Waals surface area contributed by atoms with Gasteiger partial charge in [-0.05, 0) is 41.4 Å². The van der Waals surface area contributed by atoms with Crippen molar-refractivity contribution in [3.63, 3.8) is 0 Å². The van der Waals surface area contributed by atoms with Crippen LogP contribution in [0.3, 0.4) is 0 Å². The Morgan fingerprint density at radius 3 is 3.06 bits per heavy atom. The first-order valence-electron chi connectivity index (χ1n) is 6.39. The molecule has 1 atom stereocenters. The van der Waals surface area contributed by atoms with E-state index in [2.05, 4.69) is 48.4 Å². The van der Waals surface area contributed by atoms with Gasteiger partial charge in [0.1, 0.15) is 5.82 Å². The van der Waals surface area contributed by atoms with E-state index in [-0.39, 0.29) is 0 Å². The molecule has 100 valence electrons. The van der Waals surface area contributed by atoms with Gasteiger partial charge in [-0.15, -0.1) is 0 Å². The fraction of sp³-hybridized carbons (Fsp3) is 0.667. The number of hydrogen-bond donors (Lipinski definition) is 2. The van der Waals surface area contributed by atoms with Crippen LogP contribution >= 0.6 is 15.9 Å². The molecular formula is C12H20BrN5. The molecule has 0 radical (unpaired) electrons. The first-order valence-corrected chi connectivity index (χ1v) is 7.18. The Kier molecular flexibility index (Phi) is 4.77. The zero-order chi connectivity index (χ0) is 13.0. The van der Waals surface area contributed by atoms with E-state index in [9.17, 15) is 0 Å². The Bertz CT molecular complexity index is 398. The van der Waals surface area contributed by atoms with Crippen LogP contribution in [-0.2, 0) is 0 Å². The lowest BCUT2D eigenvalue weighted by Crippen LogP contribution is -2.22. The molecule has 18 heavy (non-hydrogen) atoms. The average molecular weight is 314 g/mol. The van der Waals surface area contributed by atoms with E-state index in [4.69, 9.17) is 0 Å². The van der Waals surface area contributed by atoms with Crippen LogP contribution in [-0.4, -0.2) is 48.1 Å². The summed E-state index contributed by atoms with van der Waals surface area (Å²) < 4.78 is 0.909. The number of nitrogens with one attached hydrogen (secondary N) is 2. The molecule has 1 aliphatic heterocycles. The molecule has 0 aliphatic carbocycles. The SMILES string of the molecule is CCN1CCC(CNc2nc(NC)ncc2Br)C1. The lowest BCUT2D eigenvalue weighted by molar-refractivity contribution is 0.345. The number of aromatic nitrogens is 2. The van der Waals surface area contributed by atoms with Crippen molar-refractivity contribution in [2.45, 2.75) is 13.3 Å². The van der Waals surface area contributed by atoms with E-state index in [1.54, 1.807) is 6.20 Å². The normalized spacial score (nSPS) is 20.1. The molecule has 1 fully saturated rings. The van der Waals surface area contributed by atoms with E-state index in [0.29, 0.717) is 11.9 Å². The second kappa shape index (κ2) is 6.33. The van der Waals surface area contributed by atoms with Crippen LogP contribution < -0.4 is 10.6 Å². The molecule has 2 heterocycles. The maximum Gasteiger partial charge on any atom is 0.224 e. The van der Waals surface area contributed by atoms with E-state index in [1.165, 1.54) is 19.5 Å². The quantitative estimate of drug-likeness (QED) is 0.871. The monoisotopic (exact) mass is 313 g/mol. The van der Waals surface area contributed by atoms with Crippen LogP contribution in [0.2, 0.25) is 0 Å². The Morgan fingerprint density at radius 1 is 1.56 bits per heavy atom. The topological polar surface area (TPSA) is 53.1 Å². The Labute approximate surface area is 117 Å². The molecule has 1 aliphatic rings. The second-order valence-electron chi connectivity index (χ2n) is 4.57. The standard InChI is InChI=1S/C12H20BrN5/c1-3-18-5-4-9(8-18)6-15-11-10(13)7-16-12(14-2)17-11/h7,9H,3-6,8H2,1-2H3,(H2,14,15,16,17). The third kappa shape index (κ3) is 3.32. The van der Waals surface area contributed by atoms with Gasteiger partial charge in [0, 0.05) is 26.3 Å². The van der Waals surface area contributed by atoms with Crippen LogP contribution in [0.15, 0.2) is 10.7 Å². The highest BCUT2D eigenvalue weighted by Crippen LogP contribution is 2.22. The lowest BCUT2D eigenvalue weighted by Gasteiger charge is -2.14. The maximum absolute atomic E-state index is 4.40. The highest BCUT2D eigenvalue weighted by molar-refractivity contribution is 9.10. The number of hydrogen-bond acceptors (Lipinski definition) is 5. The van der Waals surface area contributed by atoms with Crippen LogP contribution in [0.1, 0.15) is 13.3 Å². The van der Waals surface area contributed by atoms with Gasteiger partial charge in [0.25, 0.3) is 0 Å². The van der Waals surface area contributed by atoms with Gasteiger partial charge in [-0.25, -0.2) is 4.98 Å². The van der Waals surface area contributed by atoms with Gasteiger partial charge in [0.2, 0.25) is 5.95 Å². The largest absolute Gasteiger partial charge is 0.369 e. The van der Waals surface area contributed by atoms with Gasteiger partial charge in [-0.3, -0.25) is 0 Å². The smallest absolute Gasteiger partial charge is 0.224 e. The third-order valence-corrected chi connectivity index (χ3v) is 3.92. The van der Waals surface area contributed by atoms with Crippen molar-refractivity contribution in [3.8, 4) is 0 Å². The number of likely N-dealkylation sites (tertiary alicyclic amines) is 1. The molecule has 6 heteroatoms. The van der Waals surface area contributed by atoms with Crippen molar-refractivity contribution in [1.82, 2.24) is 14.9 Å². The highest BCUT2D eigenvalue weighted by Gasteiger charge is 2.21. The second-order valence-corrected chi connectivity index (χ2v) is 5.42. The predicted molar refractivity (Wildman–Crippen MR) is 78.0 cm³/mol. The molecule has 2 rings (SSSR count). The first-order chi connectivity index (χ1) is 8.72. The average Bonchev–Trinajstić information content (AvgIpc) is 2.86. The van der Waals surface area contributed by atoms with Gasteiger partial charge in [-0.1, -0.05) is 6.92 Å². The van der Waals surface area contributed by atoms with Gasteiger partial charge >= 0.3 is 0 Å². The molecule has 0 bridgehead atoms. The van der Waals surface area contributed by atoms with Gasteiger partial charge < -0.3 is 15.5 Å². The van der Waals surface area contributed by atoms with E-state index < -0.39 is 0 Å². The molecule has 5 nitrogen and oxygen atoms in total. The minimum absolute atomic E-state index is 0.641. The van der Waals surface area contributed by atoms with Crippen molar-refractivity contribution in [1.29, 1.82) is 0 Å².